The van der Waals surface area contributed by atoms with E-state index in [0.717, 1.165) is 42.3 Å². The molecule has 0 spiro atoms. The Balaban J connectivity index is 1.94. The molecule has 142 valence electrons. The maximum absolute atomic E-state index is 11.6. The summed E-state index contributed by atoms with van der Waals surface area (Å²) in [6.45, 7) is 9.01. The first-order valence-electron chi connectivity index (χ1n) is 9.55. The number of hydrogen-bond acceptors (Lipinski definition) is 5. The highest BCUT2D eigenvalue weighted by molar-refractivity contribution is 7.19. The molecule has 1 aliphatic carbocycles. The summed E-state index contributed by atoms with van der Waals surface area (Å²) >= 11 is 1.75. The molecule has 0 fully saturated rings. The maximum Gasteiger partial charge on any atom is 0.326 e. The van der Waals surface area contributed by atoms with E-state index in [-0.39, 0.29) is 0 Å². The van der Waals surface area contributed by atoms with E-state index >= 15 is 0 Å². The molecule has 2 aromatic rings. The van der Waals surface area contributed by atoms with Crippen molar-refractivity contribution in [2.75, 3.05) is 5.32 Å². The van der Waals surface area contributed by atoms with Gasteiger partial charge in [-0.05, 0) is 42.6 Å². The Morgan fingerprint density at radius 2 is 2.19 bits per heavy atom. The second-order valence-corrected chi connectivity index (χ2v) is 9.47. The van der Waals surface area contributed by atoms with Crippen LogP contribution in [0.3, 0.4) is 0 Å². The van der Waals surface area contributed by atoms with E-state index in [1.165, 1.54) is 10.4 Å². The fourth-order valence-corrected chi connectivity index (χ4v) is 5.06. The average Bonchev–Trinajstić information content (AvgIpc) is 2.96. The van der Waals surface area contributed by atoms with E-state index in [4.69, 9.17) is 0 Å². The molecule has 2 heterocycles. The Hall–Kier alpha value is -1.69. The number of fused-ring (bicyclic) bond motifs is 3. The molecule has 2 unspecified atom stereocenters. The highest BCUT2D eigenvalue weighted by Gasteiger charge is 2.32. The van der Waals surface area contributed by atoms with Gasteiger partial charge in [0.2, 0.25) is 0 Å². The van der Waals surface area contributed by atoms with Crippen LogP contribution < -0.4 is 5.32 Å². The molecule has 0 saturated heterocycles. The smallest absolute Gasteiger partial charge is 0.326 e. The van der Waals surface area contributed by atoms with E-state index in [2.05, 4.69) is 43.0 Å². The van der Waals surface area contributed by atoms with E-state index in [1.54, 1.807) is 17.7 Å². The van der Waals surface area contributed by atoms with Crippen LogP contribution >= 0.6 is 11.3 Å². The first kappa shape index (κ1) is 19.1. The largest absolute Gasteiger partial charge is 0.480 e. The van der Waals surface area contributed by atoms with Crippen LogP contribution in [0, 0.1) is 11.3 Å². The number of hydrogen-bond donors (Lipinski definition) is 2. The number of aliphatic carboxylic acids is 1. The van der Waals surface area contributed by atoms with Crippen molar-refractivity contribution in [1.82, 2.24) is 9.97 Å². The molecule has 26 heavy (non-hydrogen) atoms. The van der Waals surface area contributed by atoms with Gasteiger partial charge in [0.25, 0.3) is 0 Å². The van der Waals surface area contributed by atoms with Gasteiger partial charge in [-0.2, -0.15) is 0 Å². The van der Waals surface area contributed by atoms with Gasteiger partial charge < -0.3 is 10.4 Å². The number of carboxylic acid groups (broad SMARTS) is 1. The number of nitrogens with zero attached hydrogens (tertiary/aromatic N) is 2. The Bertz CT molecular complexity index is 794. The quantitative estimate of drug-likeness (QED) is 0.751. The lowest BCUT2D eigenvalue weighted by molar-refractivity contribution is -0.138. The molecule has 0 aliphatic heterocycles. The number of nitrogens with one attached hydrogen (secondary N) is 1. The summed E-state index contributed by atoms with van der Waals surface area (Å²) in [6, 6.07) is -0.602. The fourth-order valence-electron chi connectivity index (χ4n) is 3.79. The molecule has 0 bridgehead atoms. The molecule has 2 aromatic heterocycles. The zero-order chi connectivity index (χ0) is 18.9. The molecule has 5 nitrogen and oxygen atoms in total. The summed E-state index contributed by atoms with van der Waals surface area (Å²) in [5, 5.41) is 13.8. The van der Waals surface area contributed by atoms with Crippen LogP contribution in [0.5, 0.6) is 0 Å². The van der Waals surface area contributed by atoms with Gasteiger partial charge in [0.15, 0.2) is 0 Å². The van der Waals surface area contributed by atoms with E-state index in [1.807, 2.05) is 0 Å². The van der Waals surface area contributed by atoms with Crippen molar-refractivity contribution in [3.8, 4) is 0 Å². The standard InChI is InChI=1S/C20H29N3O2S/c1-5-6-7-14(19(24)25)23-17-16-13-9-8-12(20(2,3)4)10-15(13)26-18(16)22-11-21-17/h11-12,14H,5-10H2,1-4H3,(H,24,25)(H,21,22,23). The van der Waals surface area contributed by atoms with Gasteiger partial charge >= 0.3 is 5.97 Å². The molecule has 1 aliphatic rings. The van der Waals surface area contributed by atoms with Gasteiger partial charge in [0.1, 0.15) is 23.0 Å². The monoisotopic (exact) mass is 375 g/mol. The minimum atomic E-state index is -0.817. The van der Waals surface area contributed by atoms with E-state index in [9.17, 15) is 9.90 Å². The number of rotatable bonds is 6. The zero-order valence-corrected chi connectivity index (χ0v) is 16.9. The third-order valence-electron chi connectivity index (χ3n) is 5.53. The van der Waals surface area contributed by atoms with Crippen molar-refractivity contribution in [1.29, 1.82) is 0 Å². The minimum Gasteiger partial charge on any atom is -0.480 e. The number of aromatic nitrogens is 2. The summed E-state index contributed by atoms with van der Waals surface area (Å²) < 4.78 is 0. The molecule has 6 heteroatoms. The number of thiophene rings is 1. The van der Waals surface area contributed by atoms with E-state index in [0.29, 0.717) is 23.6 Å². The van der Waals surface area contributed by atoms with Crippen LogP contribution in [-0.2, 0) is 17.6 Å². The van der Waals surface area contributed by atoms with Crippen LogP contribution in [-0.4, -0.2) is 27.1 Å². The second kappa shape index (κ2) is 7.51. The predicted octanol–water partition coefficient (Wildman–Crippen LogP) is 4.90. The van der Waals surface area contributed by atoms with Crippen LogP contribution in [0.15, 0.2) is 6.33 Å². The van der Waals surface area contributed by atoms with Gasteiger partial charge in [-0.3, -0.25) is 0 Å². The van der Waals surface area contributed by atoms with Crippen LogP contribution in [0.2, 0.25) is 0 Å². The predicted molar refractivity (Wildman–Crippen MR) is 107 cm³/mol. The average molecular weight is 376 g/mol. The fraction of sp³-hybridized carbons (Fsp3) is 0.650. The molecule has 3 rings (SSSR count). The number of carbonyl (C=O) groups is 1. The first-order chi connectivity index (χ1) is 12.3. The summed E-state index contributed by atoms with van der Waals surface area (Å²) in [5.74, 6) is 0.538. The Morgan fingerprint density at radius 1 is 1.42 bits per heavy atom. The molecule has 2 atom stereocenters. The van der Waals surface area contributed by atoms with Gasteiger partial charge in [0.05, 0.1) is 5.39 Å². The van der Waals surface area contributed by atoms with Gasteiger partial charge in [-0.1, -0.05) is 40.5 Å². The lowest BCUT2D eigenvalue weighted by atomic mass is 9.72. The SMILES string of the molecule is CCCCC(Nc1ncnc2sc3c(c12)CCC(C(C)(C)C)C3)C(=O)O. The zero-order valence-electron chi connectivity index (χ0n) is 16.1. The van der Waals surface area contributed by atoms with Crippen molar-refractivity contribution in [2.45, 2.75) is 72.3 Å². The van der Waals surface area contributed by atoms with Crippen molar-refractivity contribution < 1.29 is 9.90 Å². The van der Waals surface area contributed by atoms with Crippen molar-refractivity contribution >= 4 is 33.3 Å². The first-order valence-corrected chi connectivity index (χ1v) is 10.4. The second-order valence-electron chi connectivity index (χ2n) is 8.39. The third kappa shape index (κ3) is 3.85. The Kier molecular flexibility index (Phi) is 5.51. The van der Waals surface area contributed by atoms with Crippen LogP contribution in [0.25, 0.3) is 10.2 Å². The topological polar surface area (TPSA) is 75.1 Å². The Labute approximate surface area is 159 Å². The lowest BCUT2D eigenvalue weighted by Gasteiger charge is -2.33. The number of aryl methyl sites for hydroxylation is 1. The highest BCUT2D eigenvalue weighted by atomic mass is 32.1. The number of anilines is 1. The highest BCUT2D eigenvalue weighted by Crippen LogP contribution is 2.44. The maximum atomic E-state index is 11.6. The molecule has 2 N–H and O–H groups in total. The van der Waals surface area contributed by atoms with Crippen molar-refractivity contribution in [2.24, 2.45) is 11.3 Å². The molecule has 0 aromatic carbocycles. The molecule has 0 saturated carbocycles. The number of carboxylic acids is 1. The van der Waals surface area contributed by atoms with Gasteiger partial charge in [-0.15, -0.1) is 11.3 Å². The molecular formula is C20H29N3O2S. The molecule has 0 amide bonds. The van der Waals surface area contributed by atoms with Crippen LogP contribution in [0.1, 0.15) is 63.8 Å². The molecule has 0 radical (unpaired) electrons. The summed E-state index contributed by atoms with van der Waals surface area (Å²) in [7, 11) is 0. The van der Waals surface area contributed by atoms with Gasteiger partial charge in [-0.25, -0.2) is 14.8 Å². The summed E-state index contributed by atoms with van der Waals surface area (Å²) in [5.41, 5.74) is 1.63. The van der Waals surface area contributed by atoms with Crippen molar-refractivity contribution in [3.63, 3.8) is 0 Å². The van der Waals surface area contributed by atoms with Crippen LogP contribution in [0.4, 0.5) is 5.82 Å². The Morgan fingerprint density at radius 3 is 2.85 bits per heavy atom. The van der Waals surface area contributed by atoms with E-state index < -0.39 is 12.0 Å². The molecular weight excluding hydrogens is 346 g/mol. The van der Waals surface area contributed by atoms with Crippen molar-refractivity contribution in [3.05, 3.63) is 16.8 Å². The normalized spacial score (nSPS) is 18.5. The summed E-state index contributed by atoms with van der Waals surface area (Å²) in [6.07, 6.45) is 7.28. The van der Waals surface area contributed by atoms with Gasteiger partial charge in [0, 0.05) is 4.88 Å². The summed E-state index contributed by atoms with van der Waals surface area (Å²) in [4.78, 5) is 22.9. The minimum absolute atomic E-state index is 0.301. The third-order valence-corrected chi connectivity index (χ3v) is 6.69. The number of unbranched alkanes of at least 4 members (excludes halogenated alkanes) is 1. The lowest BCUT2D eigenvalue weighted by Crippen LogP contribution is -2.30.